The van der Waals surface area contributed by atoms with Crippen LogP contribution in [0.25, 0.3) is 0 Å². The molecule has 2 aliphatic rings. The molecule has 0 radical (unpaired) electrons. The molecule has 0 spiro atoms. The van der Waals surface area contributed by atoms with Crippen molar-refractivity contribution in [3.05, 3.63) is 0 Å². The Morgan fingerprint density at radius 2 is 1.62 bits per heavy atom. The van der Waals surface area contributed by atoms with Gasteiger partial charge in [0.1, 0.15) is 0 Å². The number of piperidine rings is 1. The second-order valence-electron chi connectivity index (χ2n) is 7.84. The average Bonchev–Trinajstić information content (AvgIpc) is 3.08. The van der Waals surface area contributed by atoms with Crippen LogP contribution in [0.3, 0.4) is 0 Å². The zero-order valence-electron chi connectivity index (χ0n) is 14.9. The zero-order valence-corrected chi connectivity index (χ0v) is 14.9. The number of amides is 2. The molecular formula is C18H27N3O3. The van der Waals surface area contributed by atoms with Crippen LogP contribution in [0.5, 0.6) is 0 Å². The maximum absolute atomic E-state index is 12.7. The molecule has 2 rings (SSSR count). The number of nitriles is 1. The fraction of sp³-hybridized carbons (Fsp3) is 0.778. The number of hydrogen-bond donors (Lipinski definition) is 0. The van der Waals surface area contributed by atoms with Crippen molar-refractivity contribution in [2.24, 2.45) is 17.3 Å². The lowest BCUT2D eigenvalue weighted by Gasteiger charge is -2.36. The highest BCUT2D eigenvalue weighted by Crippen LogP contribution is 2.26. The molecule has 0 saturated carbocycles. The molecule has 0 unspecified atom stereocenters. The molecular weight excluding hydrogens is 306 g/mol. The third kappa shape index (κ3) is 3.95. The van der Waals surface area contributed by atoms with Gasteiger partial charge in [-0.2, -0.15) is 5.26 Å². The topological polar surface area (TPSA) is 81.5 Å². The highest BCUT2D eigenvalue weighted by atomic mass is 16.2. The fourth-order valence-corrected chi connectivity index (χ4v) is 3.46. The molecule has 6 nitrogen and oxygen atoms in total. The van der Waals surface area contributed by atoms with Crippen molar-refractivity contribution in [3.8, 4) is 6.07 Å². The molecule has 0 aromatic carbocycles. The quantitative estimate of drug-likeness (QED) is 0.735. The minimum atomic E-state index is -1.22. The summed E-state index contributed by atoms with van der Waals surface area (Å²) in [5.74, 6) is -2.31. The number of rotatable bonds is 3. The van der Waals surface area contributed by atoms with Gasteiger partial charge in [0.05, 0.1) is 6.07 Å². The maximum Gasteiger partial charge on any atom is 0.247 e. The van der Waals surface area contributed by atoms with Crippen LogP contribution >= 0.6 is 0 Å². The van der Waals surface area contributed by atoms with Crippen molar-refractivity contribution < 1.29 is 14.4 Å². The average molecular weight is 333 g/mol. The highest BCUT2D eigenvalue weighted by molar-refractivity contribution is 6.05. The molecule has 0 N–H and O–H groups in total. The number of likely N-dealkylation sites (tertiary alicyclic amines) is 2. The van der Waals surface area contributed by atoms with E-state index in [-0.39, 0.29) is 17.6 Å². The summed E-state index contributed by atoms with van der Waals surface area (Å²) in [5, 5.41) is 9.36. The van der Waals surface area contributed by atoms with Crippen molar-refractivity contribution in [1.82, 2.24) is 9.80 Å². The molecule has 2 aliphatic heterocycles. The van der Waals surface area contributed by atoms with E-state index in [1.54, 1.807) is 9.80 Å². The Morgan fingerprint density at radius 1 is 1.04 bits per heavy atom. The first kappa shape index (κ1) is 18.4. The van der Waals surface area contributed by atoms with Gasteiger partial charge in [-0.05, 0) is 25.7 Å². The van der Waals surface area contributed by atoms with Gasteiger partial charge in [-0.1, -0.05) is 20.8 Å². The summed E-state index contributed by atoms with van der Waals surface area (Å²) in [6.07, 6.45) is 3.22. The number of hydrogen-bond acceptors (Lipinski definition) is 4. The SMILES string of the molecule is CC(C)(C)C(=O)N1CCC[C@H](C(=O)[C@H](C#N)C(=O)N2CCCC2)C1. The lowest BCUT2D eigenvalue weighted by Crippen LogP contribution is -2.49. The summed E-state index contributed by atoms with van der Waals surface area (Å²) in [6, 6.07) is 1.91. The monoisotopic (exact) mass is 333 g/mol. The smallest absolute Gasteiger partial charge is 0.247 e. The van der Waals surface area contributed by atoms with Crippen LogP contribution in [0.2, 0.25) is 0 Å². The summed E-state index contributed by atoms with van der Waals surface area (Å²) < 4.78 is 0. The van der Waals surface area contributed by atoms with E-state index in [0.29, 0.717) is 32.6 Å². The van der Waals surface area contributed by atoms with Crippen LogP contribution in [-0.2, 0) is 14.4 Å². The molecule has 2 saturated heterocycles. The van der Waals surface area contributed by atoms with Crippen molar-refractivity contribution in [2.75, 3.05) is 26.2 Å². The molecule has 132 valence electrons. The second-order valence-corrected chi connectivity index (χ2v) is 7.84. The summed E-state index contributed by atoms with van der Waals surface area (Å²) >= 11 is 0. The number of carbonyl (C=O) groups is 3. The minimum absolute atomic E-state index is 0.0133. The van der Waals surface area contributed by atoms with Crippen molar-refractivity contribution in [3.63, 3.8) is 0 Å². The predicted octanol–water partition coefficient (Wildman–Crippen LogP) is 1.60. The van der Waals surface area contributed by atoms with Gasteiger partial charge in [0.15, 0.2) is 11.7 Å². The van der Waals surface area contributed by atoms with E-state index in [0.717, 1.165) is 19.3 Å². The minimum Gasteiger partial charge on any atom is -0.342 e. The lowest BCUT2D eigenvalue weighted by molar-refractivity contribution is -0.144. The van der Waals surface area contributed by atoms with Gasteiger partial charge in [0.25, 0.3) is 0 Å². The largest absolute Gasteiger partial charge is 0.342 e. The number of Topliss-reactive ketones (excluding diaryl/α,β-unsaturated/α-hetero) is 1. The van der Waals surface area contributed by atoms with Gasteiger partial charge in [-0.15, -0.1) is 0 Å². The standard InChI is InChI=1S/C18H27N3O3/c1-18(2,3)17(24)21-10-6-7-13(12-21)15(22)14(11-19)16(23)20-8-4-5-9-20/h13-14H,4-10,12H2,1-3H3/t13-,14-/m0/s1. The van der Waals surface area contributed by atoms with Gasteiger partial charge in [-0.25, -0.2) is 0 Å². The van der Waals surface area contributed by atoms with E-state index >= 15 is 0 Å². The number of ketones is 1. The first-order valence-corrected chi connectivity index (χ1v) is 8.77. The van der Waals surface area contributed by atoms with E-state index in [2.05, 4.69) is 0 Å². The summed E-state index contributed by atoms with van der Waals surface area (Å²) in [6.45, 7) is 7.78. The van der Waals surface area contributed by atoms with Gasteiger partial charge in [-0.3, -0.25) is 14.4 Å². The van der Waals surface area contributed by atoms with Crippen molar-refractivity contribution in [2.45, 2.75) is 46.5 Å². The fourth-order valence-electron chi connectivity index (χ4n) is 3.46. The van der Waals surface area contributed by atoms with Gasteiger partial charge in [0.2, 0.25) is 11.8 Å². The van der Waals surface area contributed by atoms with E-state index < -0.39 is 17.3 Å². The predicted molar refractivity (Wildman–Crippen MR) is 88.7 cm³/mol. The molecule has 2 amide bonds. The van der Waals surface area contributed by atoms with Gasteiger partial charge >= 0.3 is 0 Å². The van der Waals surface area contributed by atoms with Gasteiger partial charge in [0, 0.05) is 37.5 Å². The van der Waals surface area contributed by atoms with Crippen LogP contribution in [0.15, 0.2) is 0 Å². The first-order valence-electron chi connectivity index (χ1n) is 8.77. The van der Waals surface area contributed by atoms with Crippen LogP contribution < -0.4 is 0 Å². The van der Waals surface area contributed by atoms with Crippen LogP contribution in [0.1, 0.15) is 46.5 Å². The van der Waals surface area contributed by atoms with Crippen LogP contribution in [-0.4, -0.2) is 53.6 Å². The molecule has 0 bridgehead atoms. The normalized spacial score (nSPS) is 22.8. The summed E-state index contributed by atoms with van der Waals surface area (Å²) in [7, 11) is 0. The Kier molecular flexibility index (Phi) is 5.63. The van der Waals surface area contributed by atoms with Crippen LogP contribution in [0.4, 0.5) is 0 Å². The van der Waals surface area contributed by atoms with E-state index in [9.17, 15) is 19.6 Å². The molecule has 0 aromatic rings. The van der Waals surface area contributed by atoms with Crippen LogP contribution in [0, 0.1) is 28.6 Å². The highest BCUT2D eigenvalue weighted by Gasteiger charge is 2.39. The molecule has 0 aliphatic carbocycles. The Labute approximate surface area is 143 Å². The third-order valence-corrected chi connectivity index (χ3v) is 4.83. The van der Waals surface area contributed by atoms with Gasteiger partial charge < -0.3 is 9.80 Å². The molecule has 2 heterocycles. The Morgan fingerprint density at radius 3 is 2.17 bits per heavy atom. The zero-order chi connectivity index (χ0) is 17.9. The Bertz CT molecular complexity index is 553. The summed E-state index contributed by atoms with van der Waals surface area (Å²) in [5.41, 5.74) is -0.495. The van der Waals surface area contributed by atoms with E-state index in [1.807, 2.05) is 26.8 Å². The lowest BCUT2D eigenvalue weighted by atomic mass is 9.85. The van der Waals surface area contributed by atoms with Crippen molar-refractivity contribution in [1.29, 1.82) is 5.26 Å². The molecule has 2 atom stereocenters. The molecule has 2 fully saturated rings. The van der Waals surface area contributed by atoms with E-state index in [4.69, 9.17) is 0 Å². The first-order chi connectivity index (χ1) is 11.3. The number of nitrogens with zero attached hydrogens (tertiary/aromatic N) is 3. The van der Waals surface area contributed by atoms with Crippen molar-refractivity contribution >= 4 is 17.6 Å². The van der Waals surface area contributed by atoms with E-state index in [1.165, 1.54) is 0 Å². The Balaban J connectivity index is 2.06. The maximum atomic E-state index is 12.7. The molecule has 0 aromatic heterocycles. The third-order valence-electron chi connectivity index (χ3n) is 4.83. The number of carbonyl (C=O) groups excluding carboxylic acids is 3. The molecule has 24 heavy (non-hydrogen) atoms. The summed E-state index contributed by atoms with van der Waals surface area (Å²) in [4.78, 5) is 40.9. The molecule has 6 heteroatoms. The second kappa shape index (κ2) is 7.33. The Hall–Kier alpha value is -1.90.